The van der Waals surface area contributed by atoms with Crippen LogP contribution in [0.5, 0.6) is 11.5 Å². The van der Waals surface area contributed by atoms with E-state index in [1.54, 1.807) is 24.5 Å². The van der Waals surface area contributed by atoms with Crippen LogP contribution in [0.25, 0.3) is 0 Å². The Kier molecular flexibility index (Phi) is 7.54. The van der Waals surface area contributed by atoms with Crippen molar-refractivity contribution in [1.82, 2.24) is 9.80 Å². The second-order valence-corrected chi connectivity index (χ2v) is 9.47. The summed E-state index contributed by atoms with van der Waals surface area (Å²) in [5.41, 5.74) is 0.801. The van der Waals surface area contributed by atoms with E-state index in [4.69, 9.17) is 9.47 Å². The van der Waals surface area contributed by atoms with Gasteiger partial charge in [0.2, 0.25) is 5.91 Å². The molecule has 2 aromatic carbocycles. The van der Waals surface area contributed by atoms with Crippen LogP contribution in [0, 0.1) is 0 Å². The van der Waals surface area contributed by atoms with Crippen LogP contribution in [-0.2, 0) is 16.0 Å². The van der Waals surface area contributed by atoms with E-state index in [0.29, 0.717) is 29.5 Å². The number of fused-ring (bicyclic) bond motifs is 1. The van der Waals surface area contributed by atoms with Gasteiger partial charge in [-0.1, -0.05) is 18.2 Å². The van der Waals surface area contributed by atoms with Gasteiger partial charge in [-0.05, 0) is 35.4 Å². The van der Waals surface area contributed by atoms with Crippen molar-refractivity contribution in [3.05, 3.63) is 48.5 Å². The highest BCUT2D eigenvalue weighted by Gasteiger charge is 2.31. The maximum Gasteiger partial charge on any atom is 0.238 e. The summed E-state index contributed by atoms with van der Waals surface area (Å²) in [4.78, 5) is 17.2. The van der Waals surface area contributed by atoms with Gasteiger partial charge >= 0.3 is 0 Å². The van der Waals surface area contributed by atoms with Crippen molar-refractivity contribution < 1.29 is 23.9 Å². The highest BCUT2D eigenvalue weighted by atomic mass is 32.2. The molecule has 1 fully saturated rings. The topological polar surface area (TPSA) is 97.3 Å². The fourth-order valence-corrected chi connectivity index (χ4v) is 4.41. The lowest BCUT2D eigenvalue weighted by Gasteiger charge is -2.37. The second kappa shape index (κ2) is 10.5. The average molecular weight is 460 g/mol. The maximum absolute atomic E-state index is 12.3. The lowest BCUT2D eigenvalue weighted by Crippen LogP contribution is -2.53. The third-order valence-electron chi connectivity index (χ3n) is 5.69. The normalized spacial score (nSPS) is 21.0. The Morgan fingerprint density at radius 1 is 1.16 bits per heavy atom. The van der Waals surface area contributed by atoms with Crippen molar-refractivity contribution in [2.24, 2.45) is 0 Å². The van der Waals surface area contributed by atoms with Crippen molar-refractivity contribution in [3.63, 3.8) is 0 Å². The molecule has 2 aromatic rings. The number of anilines is 1. The Bertz CT molecular complexity index is 906. The lowest BCUT2D eigenvalue weighted by molar-refractivity contribution is -0.117. The van der Waals surface area contributed by atoms with Gasteiger partial charge in [-0.2, -0.15) is 0 Å². The molecular formula is C23H29N3O5S. The molecule has 0 aliphatic carbocycles. The van der Waals surface area contributed by atoms with E-state index in [9.17, 15) is 14.5 Å². The molecule has 2 aliphatic heterocycles. The van der Waals surface area contributed by atoms with Gasteiger partial charge in [0, 0.05) is 44.5 Å². The van der Waals surface area contributed by atoms with E-state index in [1.807, 2.05) is 30.3 Å². The molecule has 0 spiro atoms. The van der Waals surface area contributed by atoms with Crippen LogP contribution in [-0.4, -0.2) is 89.7 Å². The van der Waals surface area contributed by atoms with E-state index in [0.717, 1.165) is 31.9 Å². The fourth-order valence-electron chi connectivity index (χ4n) is 3.87. The van der Waals surface area contributed by atoms with Crippen molar-refractivity contribution in [3.8, 4) is 11.5 Å². The third-order valence-corrected chi connectivity index (χ3v) is 6.61. The highest BCUT2D eigenvalue weighted by Crippen LogP contribution is 2.34. The fraction of sp³-hybridized carbons (Fsp3) is 0.435. The zero-order valence-corrected chi connectivity index (χ0v) is 18.9. The first-order valence-corrected chi connectivity index (χ1v) is 12.3. The third kappa shape index (κ3) is 5.93. The number of hydrogen-bond acceptors (Lipinski definition) is 7. The van der Waals surface area contributed by atoms with Gasteiger partial charge < -0.3 is 24.4 Å². The maximum atomic E-state index is 12.3. The summed E-state index contributed by atoms with van der Waals surface area (Å²) in [5.74, 6) is 1.10. The van der Waals surface area contributed by atoms with Crippen molar-refractivity contribution in [2.45, 2.75) is 17.1 Å². The number of carbonyl (C=O) groups excluding carboxylic acids is 1. The number of carbonyl (C=O) groups is 1. The summed E-state index contributed by atoms with van der Waals surface area (Å²) >= 11 is -1.09. The van der Waals surface area contributed by atoms with E-state index in [2.05, 4.69) is 15.1 Å². The van der Waals surface area contributed by atoms with Crippen LogP contribution in [0.2, 0.25) is 0 Å². The minimum absolute atomic E-state index is 0.0221. The van der Waals surface area contributed by atoms with Crippen LogP contribution in [0.3, 0.4) is 0 Å². The zero-order chi connectivity index (χ0) is 22.5. The first-order valence-electron chi connectivity index (χ1n) is 10.7. The summed E-state index contributed by atoms with van der Waals surface area (Å²) in [6.07, 6.45) is 0.458. The summed E-state index contributed by atoms with van der Waals surface area (Å²) in [5, 5.41) is 13.6. The SMILES string of the molecule is C[S+]([O-])c1ccc2c(c1)OCC(C(O)CN1CCN(CC(=O)Nc3ccccc3)CC1)O2. The number of benzene rings is 2. The first kappa shape index (κ1) is 22.9. The van der Waals surface area contributed by atoms with E-state index in [1.165, 1.54) is 0 Å². The molecule has 2 aliphatic rings. The van der Waals surface area contributed by atoms with Gasteiger partial charge in [0.25, 0.3) is 0 Å². The number of para-hydroxylation sites is 1. The zero-order valence-electron chi connectivity index (χ0n) is 18.1. The largest absolute Gasteiger partial charge is 0.612 e. The molecular weight excluding hydrogens is 430 g/mol. The number of aliphatic hydroxyl groups is 1. The van der Waals surface area contributed by atoms with Crippen LogP contribution < -0.4 is 14.8 Å². The molecule has 2 heterocycles. The molecule has 172 valence electrons. The first-order chi connectivity index (χ1) is 15.5. The summed E-state index contributed by atoms with van der Waals surface area (Å²) < 4.78 is 23.3. The summed E-state index contributed by atoms with van der Waals surface area (Å²) in [6.45, 7) is 4.13. The smallest absolute Gasteiger partial charge is 0.238 e. The predicted octanol–water partition coefficient (Wildman–Crippen LogP) is 1.18. The van der Waals surface area contributed by atoms with E-state index in [-0.39, 0.29) is 12.5 Å². The van der Waals surface area contributed by atoms with Gasteiger partial charge in [-0.25, -0.2) is 0 Å². The van der Waals surface area contributed by atoms with Crippen LogP contribution in [0.4, 0.5) is 5.69 Å². The second-order valence-electron chi connectivity index (χ2n) is 8.09. The molecule has 1 amide bonds. The number of nitrogens with zero attached hydrogens (tertiary/aromatic N) is 2. The van der Waals surface area contributed by atoms with Crippen molar-refractivity contribution in [2.75, 3.05) is 57.4 Å². The average Bonchev–Trinajstić information content (AvgIpc) is 2.80. The quantitative estimate of drug-likeness (QED) is 0.600. The van der Waals surface area contributed by atoms with Gasteiger partial charge in [0.05, 0.1) is 6.54 Å². The number of ether oxygens (including phenoxy) is 2. The van der Waals surface area contributed by atoms with Gasteiger partial charge in [0.15, 0.2) is 22.5 Å². The molecule has 2 N–H and O–H groups in total. The highest BCUT2D eigenvalue weighted by molar-refractivity contribution is 7.90. The number of piperazine rings is 1. The molecule has 4 rings (SSSR count). The van der Waals surface area contributed by atoms with E-state index >= 15 is 0 Å². The molecule has 3 atom stereocenters. The Labute approximate surface area is 191 Å². The number of amides is 1. The van der Waals surface area contributed by atoms with Gasteiger partial charge in [-0.15, -0.1) is 0 Å². The molecule has 0 aromatic heterocycles. The Balaban J connectivity index is 1.21. The predicted molar refractivity (Wildman–Crippen MR) is 123 cm³/mol. The summed E-state index contributed by atoms with van der Waals surface area (Å²) in [7, 11) is 0. The molecule has 8 nitrogen and oxygen atoms in total. The minimum atomic E-state index is -1.09. The van der Waals surface area contributed by atoms with Crippen molar-refractivity contribution >= 4 is 22.8 Å². The number of nitrogens with one attached hydrogen (secondary N) is 1. The van der Waals surface area contributed by atoms with Crippen LogP contribution >= 0.6 is 0 Å². The Hall–Kier alpha value is -2.30. The molecule has 3 unspecified atom stereocenters. The minimum Gasteiger partial charge on any atom is -0.612 e. The van der Waals surface area contributed by atoms with Crippen LogP contribution in [0.1, 0.15) is 0 Å². The number of β-amino-alcohol motifs (C(OH)–C–C–N with tert-alkyl or cyclic N) is 1. The number of hydrogen-bond donors (Lipinski definition) is 2. The monoisotopic (exact) mass is 459 g/mol. The molecule has 0 saturated carbocycles. The number of rotatable bonds is 7. The number of aliphatic hydroxyl groups excluding tert-OH is 1. The molecule has 1 saturated heterocycles. The van der Waals surface area contributed by atoms with Crippen molar-refractivity contribution in [1.29, 1.82) is 0 Å². The summed E-state index contributed by atoms with van der Waals surface area (Å²) in [6, 6.07) is 14.7. The van der Waals surface area contributed by atoms with Crippen LogP contribution in [0.15, 0.2) is 53.4 Å². The van der Waals surface area contributed by atoms with Gasteiger partial charge in [0.1, 0.15) is 19.0 Å². The molecule has 32 heavy (non-hydrogen) atoms. The van der Waals surface area contributed by atoms with Gasteiger partial charge in [-0.3, -0.25) is 14.6 Å². The van der Waals surface area contributed by atoms with E-state index < -0.39 is 23.4 Å². The molecule has 9 heteroatoms. The molecule has 0 radical (unpaired) electrons. The lowest BCUT2D eigenvalue weighted by atomic mass is 10.1. The Morgan fingerprint density at radius 3 is 2.59 bits per heavy atom. The standard InChI is InChI=1S/C23H29N3O5S/c1-32(29)18-7-8-20-21(13-18)30-16-22(31-20)19(27)14-25-9-11-26(12-10-25)15-23(28)24-17-5-3-2-4-6-17/h2-8,13,19,22,27H,9-12,14-16H2,1H3,(H,24,28). The Morgan fingerprint density at radius 2 is 1.88 bits per heavy atom. The molecule has 0 bridgehead atoms.